The molecule has 1 heterocycles. The van der Waals surface area contributed by atoms with Gasteiger partial charge in [-0.05, 0) is 43.9 Å². The second-order valence-corrected chi connectivity index (χ2v) is 7.56. The summed E-state index contributed by atoms with van der Waals surface area (Å²) in [5.74, 6) is 2.19. The fraction of sp³-hybridized carbons (Fsp3) is 0.933. The normalized spacial score (nSPS) is 29.5. The van der Waals surface area contributed by atoms with E-state index in [0.717, 1.165) is 12.5 Å². The van der Waals surface area contributed by atoms with Crippen LogP contribution in [0.5, 0.6) is 0 Å². The second-order valence-electron chi connectivity index (χ2n) is 6.59. The van der Waals surface area contributed by atoms with Gasteiger partial charge in [0.2, 0.25) is 0 Å². The van der Waals surface area contributed by atoms with Crippen molar-refractivity contribution < 1.29 is 0 Å². The molecule has 3 rings (SSSR count). The minimum absolute atomic E-state index is 0.576. The zero-order valence-corrected chi connectivity index (χ0v) is 12.4. The van der Waals surface area contributed by atoms with Gasteiger partial charge in [-0.15, -0.1) is 0 Å². The van der Waals surface area contributed by atoms with E-state index in [1.165, 1.54) is 62.3 Å². The molecule has 0 aromatic carbocycles. The van der Waals surface area contributed by atoms with Crippen LogP contribution in [0, 0.1) is 11.3 Å². The maximum Gasteiger partial charge on any atom is 0.156 e. The lowest BCUT2D eigenvalue weighted by Crippen LogP contribution is -2.40. The van der Waals surface area contributed by atoms with Gasteiger partial charge in [-0.3, -0.25) is 4.99 Å². The van der Waals surface area contributed by atoms with Crippen LogP contribution in [-0.4, -0.2) is 23.5 Å². The molecule has 1 atom stereocenters. The molecule has 102 valence electrons. The molecule has 0 bridgehead atoms. The monoisotopic (exact) mass is 266 g/mol. The zero-order chi connectivity index (χ0) is 12.4. The Morgan fingerprint density at radius 3 is 2.56 bits per heavy atom. The predicted octanol–water partition coefficient (Wildman–Crippen LogP) is 3.82. The van der Waals surface area contributed by atoms with Crippen molar-refractivity contribution in [1.29, 1.82) is 0 Å². The molecule has 2 fully saturated rings. The largest absolute Gasteiger partial charge is 0.362 e. The van der Waals surface area contributed by atoms with E-state index in [2.05, 4.69) is 12.2 Å². The van der Waals surface area contributed by atoms with Crippen molar-refractivity contribution in [1.82, 2.24) is 5.32 Å². The van der Waals surface area contributed by atoms with Gasteiger partial charge in [-0.2, -0.15) is 0 Å². The van der Waals surface area contributed by atoms with E-state index in [1.807, 2.05) is 11.8 Å². The van der Waals surface area contributed by atoms with Gasteiger partial charge in [0, 0.05) is 18.3 Å². The van der Waals surface area contributed by atoms with Crippen LogP contribution in [0.15, 0.2) is 4.99 Å². The quantitative estimate of drug-likeness (QED) is 0.821. The van der Waals surface area contributed by atoms with Crippen molar-refractivity contribution in [3.05, 3.63) is 0 Å². The van der Waals surface area contributed by atoms with Gasteiger partial charge in [-0.1, -0.05) is 37.4 Å². The van der Waals surface area contributed by atoms with Crippen molar-refractivity contribution in [2.75, 3.05) is 12.3 Å². The first-order valence-electron chi connectivity index (χ1n) is 7.71. The summed E-state index contributed by atoms with van der Waals surface area (Å²) in [5.41, 5.74) is 0.576. The lowest BCUT2D eigenvalue weighted by molar-refractivity contribution is 0.356. The molecule has 1 unspecified atom stereocenters. The molecule has 2 aliphatic carbocycles. The summed E-state index contributed by atoms with van der Waals surface area (Å²) >= 11 is 1.99. The van der Waals surface area contributed by atoms with Crippen molar-refractivity contribution in [2.45, 2.75) is 64.3 Å². The van der Waals surface area contributed by atoms with Crippen molar-refractivity contribution in [2.24, 2.45) is 16.3 Å². The van der Waals surface area contributed by atoms with Crippen LogP contribution < -0.4 is 5.32 Å². The molecule has 0 radical (unpaired) electrons. The van der Waals surface area contributed by atoms with Crippen LogP contribution in [0.4, 0.5) is 0 Å². The smallest absolute Gasteiger partial charge is 0.156 e. The Kier molecular flexibility index (Phi) is 3.88. The van der Waals surface area contributed by atoms with E-state index < -0.39 is 0 Å². The van der Waals surface area contributed by atoms with E-state index in [4.69, 9.17) is 4.99 Å². The van der Waals surface area contributed by atoms with Gasteiger partial charge in [-0.25, -0.2) is 0 Å². The van der Waals surface area contributed by atoms with Crippen molar-refractivity contribution >= 4 is 16.9 Å². The number of thioether (sulfide) groups is 1. The highest BCUT2D eigenvalue weighted by molar-refractivity contribution is 8.13. The Hall–Kier alpha value is -0.180. The number of rotatable bonds is 2. The summed E-state index contributed by atoms with van der Waals surface area (Å²) < 4.78 is 0. The first kappa shape index (κ1) is 12.8. The number of aliphatic imine (C=N–C) groups is 1. The van der Waals surface area contributed by atoms with Gasteiger partial charge in [0.25, 0.3) is 0 Å². The Morgan fingerprint density at radius 1 is 1.22 bits per heavy atom. The topological polar surface area (TPSA) is 24.4 Å². The minimum Gasteiger partial charge on any atom is -0.362 e. The summed E-state index contributed by atoms with van der Waals surface area (Å²) in [6, 6.07) is 0.622. The number of hydrogen-bond donors (Lipinski definition) is 1. The molecule has 3 aliphatic rings. The maximum atomic E-state index is 4.84. The van der Waals surface area contributed by atoms with Gasteiger partial charge in [0.1, 0.15) is 0 Å². The molecule has 1 N–H and O–H groups in total. The molecular weight excluding hydrogens is 240 g/mol. The summed E-state index contributed by atoms with van der Waals surface area (Å²) in [5, 5.41) is 4.91. The molecule has 1 aliphatic heterocycles. The molecule has 0 amide bonds. The lowest BCUT2D eigenvalue weighted by atomic mass is 9.89. The molecule has 0 aromatic heterocycles. The van der Waals surface area contributed by atoms with Crippen molar-refractivity contribution in [3.63, 3.8) is 0 Å². The highest BCUT2D eigenvalue weighted by Crippen LogP contribution is 2.43. The third-order valence-corrected chi connectivity index (χ3v) is 6.47. The van der Waals surface area contributed by atoms with E-state index in [-0.39, 0.29) is 0 Å². The van der Waals surface area contributed by atoms with Crippen LogP contribution in [0.3, 0.4) is 0 Å². The molecule has 2 nitrogen and oxygen atoms in total. The second kappa shape index (κ2) is 5.44. The number of hydrogen-bond acceptors (Lipinski definition) is 3. The fourth-order valence-electron chi connectivity index (χ4n) is 3.84. The molecular formula is C15H26N2S. The summed E-state index contributed by atoms with van der Waals surface area (Å²) in [6.07, 6.45) is 11.4. The molecule has 1 spiro atoms. The first-order valence-corrected chi connectivity index (χ1v) is 8.70. The number of nitrogens with one attached hydrogen (secondary N) is 1. The fourth-order valence-corrected chi connectivity index (χ4v) is 5.08. The molecule has 18 heavy (non-hydrogen) atoms. The Morgan fingerprint density at radius 2 is 1.94 bits per heavy atom. The van der Waals surface area contributed by atoms with Crippen molar-refractivity contribution in [3.8, 4) is 0 Å². The van der Waals surface area contributed by atoms with Gasteiger partial charge < -0.3 is 5.32 Å². The van der Waals surface area contributed by atoms with E-state index >= 15 is 0 Å². The molecule has 2 saturated carbocycles. The van der Waals surface area contributed by atoms with Gasteiger partial charge >= 0.3 is 0 Å². The summed E-state index contributed by atoms with van der Waals surface area (Å²) in [7, 11) is 0. The van der Waals surface area contributed by atoms with Crippen LogP contribution in [0.1, 0.15) is 58.3 Å². The molecule has 0 aromatic rings. The highest BCUT2D eigenvalue weighted by Gasteiger charge is 2.36. The standard InChI is InChI=1S/C15H26N2S/c1-12(13-6-2-3-7-13)17-14-16-10-15(11-18-14)8-4-5-9-15/h12-13H,2-11H2,1H3,(H,16,17). The predicted molar refractivity (Wildman–Crippen MR) is 80.2 cm³/mol. The minimum atomic E-state index is 0.576. The highest BCUT2D eigenvalue weighted by atomic mass is 32.2. The average molecular weight is 266 g/mol. The van der Waals surface area contributed by atoms with Crippen LogP contribution >= 0.6 is 11.8 Å². The Bertz CT molecular complexity index is 314. The van der Waals surface area contributed by atoms with Crippen LogP contribution in [-0.2, 0) is 0 Å². The maximum absolute atomic E-state index is 4.84. The Labute approximate surface area is 115 Å². The first-order chi connectivity index (χ1) is 8.77. The Balaban J connectivity index is 1.53. The molecule has 3 heteroatoms. The molecule has 0 saturated heterocycles. The SMILES string of the molecule is CC(NC1=NCC2(CCCC2)CS1)C1CCCC1. The lowest BCUT2D eigenvalue weighted by Gasteiger charge is -2.32. The number of nitrogens with zero attached hydrogens (tertiary/aromatic N) is 1. The van der Waals surface area contributed by atoms with E-state index in [0.29, 0.717) is 11.5 Å². The average Bonchev–Trinajstić information content (AvgIpc) is 3.04. The summed E-state index contributed by atoms with van der Waals surface area (Å²) in [6.45, 7) is 3.43. The number of amidine groups is 1. The zero-order valence-electron chi connectivity index (χ0n) is 11.6. The van der Waals surface area contributed by atoms with E-state index in [9.17, 15) is 0 Å². The third kappa shape index (κ3) is 2.71. The summed E-state index contributed by atoms with van der Waals surface area (Å²) in [4.78, 5) is 4.84. The van der Waals surface area contributed by atoms with Crippen LogP contribution in [0.2, 0.25) is 0 Å². The van der Waals surface area contributed by atoms with Crippen LogP contribution in [0.25, 0.3) is 0 Å². The van der Waals surface area contributed by atoms with E-state index in [1.54, 1.807) is 0 Å². The van der Waals surface area contributed by atoms with Gasteiger partial charge in [0.05, 0.1) is 0 Å². The van der Waals surface area contributed by atoms with Gasteiger partial charge in [0.15, 0.2) is 5.17 Å². The third-order valence-electron chi connectivity index (χ3n) is 5.20.